The molecule has 1 fully saturated rings. The normalized spacial score (nSPS) is 15.2. The summed E-state index contributed by atoms with van der Waals surface area (Å²) in [5.74, 6) is -0.587. The van der Waals surface area contributed by atoms with Crippen molar-refractivity contribution >= 4 is 29.1 Å². The second kappa shape index (κ2) is 9.96. The maximum absolute atomic E-state index is 12.8. The summed E-state index contributed by atoms with van der Waals surface area (Å²) in [6, 6.07) is 14.7. The van der Waals surface area contributed by atoms with E-state index in [-0.39, 0.29) is 23.6 Å². The predicted octanol–water partition coefficient (Wildman–Crippen LogP) is 3.62. The van der Waals surface area contributed by atoms with Crippen molar-refractivity contribution < 1.29 is 14.4 Å². The smallest absolute Gasteiger partial charge is 0.255 e. The Kier molecular flexibility index (Phi) is 7.30. The molecule has 32 heavy (non-hydrogen) atoms. The van der Waals surface area contributed by atoms with Crippen molar-refractivity contribution in [1.29, 1.82) is 0 Å². The Labute approximate surface area is 189 Å². The molecule has 1 aliphatic heterocycles. The van der Waals surface area contributed by atoms with Gasteiger partial charge in [0.25, 0.3) is 5.91 Å². The Morgan fingerprint density at radius 3 is 2.22 bits per heavy atom. The Balaban J connectivity index is 1.61. The van der Waals surface area contributed by atoms with Gasteiger partial charge < -0.3 is 16.4 Å². The summed E-state index contributed by atoms with van der Waals surface area (Å²) >= 11 is 0. The van der Waals surface area contributed by atoms with Gasteiger partial charge in [0.05, 0.1) is 0 Å². The maximum atomic E-state index is 12.8. The van der Waals surface area contributed by atoms with Crippen LogP contribution in [0.5, 0.6) is 0 Å². The third kappa shape index (κ3) is 6.40. The molecular weight excluding hydrogens is 404 g/mol. The average Bonchev–Trinajstić information content (AvgIpc) is 2.74. The first-order valence-electron chi connectivity index (χ1n) is 11.0. The molecule has 0 bridgehead atoms. The van der Waals surface area contributed by atoms with E-state index in [9.17, 15) is 14.4 Å². The molecule has 0 unspecified atom stereocenters. The first-order valence-corrected chi connectivity index (χ1v) is 11.0. The number of likely N-dealkylation sites (tertiary alicyclic amines) is 1. The van der Waals surface area contributed by atoms with Crippen LogP contribution in [0, 0.1) is 11.3 Å². The van der Waals surface area contributed by atoms with Gasteiger partial charge in [-0.25, -0.2) is 0 Å². The minimum absolute atomic E-state index is 0.0270. The summed E-state index contributed by atoms with van der Waals surface area (Å²) in [4.78, 5) is 38.6. The minimum atomic E-state index is -0.520. The summed E-state index contributed by atoms with van der Waals surface area (Å²) in [6.45, 7) is 7.93. The lowest BCUT2D eigenvalue weighted by molar-refractivity contribution is -0.123. The van der Waals surface area contributed by atoms with Crippen LogP contribution < -0.4 is 16.4 Å². The predicted molar refractivity (Wildman–Crippen MR) is 126 cm³/mol. The van der Waals surface area contributed by atoms with Crippen LogP contribution in [0.3, 0.4) is 0 Å². The Morgan fingerprint density at radius 1 is 0.969 bits per heavy atom. The number of benzene rings is 2. The molecule has 2 aromatic rings. The van der Waals surface area contributed by atoms with Crippen molar-refractivity contribution in [1.82, 2.24) is 4.90 Å². The van der Waals surface area contributed by atoms with Gasteiger partial charge in [-0.2, -0.15) is 0 Å². The van der Waals surface area contributed by atoms with Gasteiger partial charge in [0.2, 0.25) is 11.8 Å². The molecule has 0 aliphatic carbocycles. The first-order chi connectivity index (χ1) is 15.1. The van der Waals surface area contributed by atoms with Crippen LogP contribution in [0.4, 0.5) is 11.4 Å². The number of amides is 3. The van der Waals surface area contributed by atoms with Gasteiger partial charge >= 0.3 is 0 Å². The highest BCUT2D eigenvalue weighted by molar-refractivity contribution is 6.05. The zero-order valence-electron chi connectivity index (χ0n) is 19.0. The monoisotopic (exact) mass is 436 g/mol. The fourth-order valence-electron chi connectivity index (χ4n) is 3.64. The molecule has 4 N–H and O–H groups in total. The number of piperidine rings is 1. The highest BCUT2D eigenvalue weighted by Gasteiger charge is 2.23. The number of nitrogens with one attached hydrogen (secondary N) is 2. The number of nitrogens with two attached hydrogens (primary N) is 1. The molecule has 0 saturated carbocycles. The van der Waals surface area contributed by atoms with Crippen LogP contribution in [0.2, 0.25) is 0 Å². The van der Waals surface area contributed by atoms with E-state index in [1.54, 1.807) is 24.3 Å². The molecule has 0 spiro atoms. The Bertz CT molecular complexity index is 989. The van der Waals surface area contributed by atoms with Crippen LogP contribution in [0.15, 0.2) is 48.5 Å². The molecule has 1 heterocycles. The van der Waals surface area contributed by atoms with Gasteiger partial charge in [0.1, 0.15) is 0 Å². The molecule has 0 atom stereocenters. The van der Waals surface area contributed by atoms with E-state index in [0.29, 0.717) is 16.9 Å². The number of anilines is 2. The van der Waals surface area contributed by atoms with Gasteiger partial charge in [-0.1, -0.05) is 39.0 Å². The summed E-state index contributed by atoms with van der Waals surface area (Å²) in [7, 11) is 0. The summed E-state index contributed by atoms with van der Waals surface area (Å²) in [5, 5.41) is 5.79. The number of rotatable bonds is 6. The molecule has 7 heteroatoms. The van der Waals surface area contributed by atoms with E-state index in [1.165, 1.54) is 0 Å². The summed E-state index contributed by atoms with van der Waals surface area (Å²) in [5.41, 5.74) is 7.75. The van der Waals surface area contributed by atoms with Gasteiger partial charge in [-0.15, -0.1) is 0 Å². The van der Waals surface area contributed by atoms with Crippen molar-refractivity contribution in [3.8, 4) is 0 Å². The van der Waals surface area contributed by atoms with Crippen LogP contribution in [-0.4, -0.2) is 35.7 Å². The van der Waals surface area contributed by atoms with Crippen molar-refractivity contribution in [3.05, 3.63) is 59.7 Å². The van der Waals surface area contributed by atoms with Gasteiger partial charge in [-0.3, -0.25) is 19.3 Å². The largest absolute Gasteiger partial charge is 0.369 e. The van der Waals surface area contributed by atoms with Crippen LogP contribution in [0.1, 0.15) is 49.5 Å². The number of hydrogen-bond acceptors (Lipinski definition) is 4. The van der Waals surface area contributed by atoms with Crippen molar-refractivity contribution in [2.45, 2.75) is 40.2 Å². The SMILES string of the molecule is CC(C)(C)C(=O)Nc1cccc(C(=O)Nc2cccc(CN3CCC(C(N)=O)CC3)c2)c1. The van der Waals surface area contributed by atoms with Crippen LogP contribution >= 0.6 is 0 Å². The van der Waals surface area contributed by atoms with Crippen molar-refractivity contribution in [3.63, 3.8) is 0 Å². The molecule has 3 rings (SSSR count). The molecule has 0 radical (unpaired) electrons. The number of hydrogen-bond donors (Lipinski definition) is 3. The molecule has 0 aromatic heterocycles. The molecule has 7 nitrogen and oxygen atoms in total. The van der Waals surface area contributed by atoms with E-state index in [1.807, 2.05) is 45.0 Å². The van der Waals surface area contributed by atoms with E-state index in [0.717, 1.165) is 38.0 Å². The minimum Gasteiger partial charge on any atom is -0.369 e. The molecule has 1 aliphatic rings. The number of carbonyl (C=O) groups is 3. The highest BCUT2D eigenvalue weighted by Crippen LogP contribution is 2.21. The molecular formula is C25H32N4O3. The molecule has 1 saturated heterocycles. The highest BCUT2D eigenvalue weighted by atomic mass is 16.2. The van der Waals surface area contributed by atoms with Gasteiger partial charge in [-0.05, 0) is 61.8 Å². The van der Waals surface area contributed by atoms with Crippen LogP contribution in [0.25, 0.3) is 0 Å². The van der Waals surface area contributed by atoms with E-state index < -0.39 is 5.41 Å². The zero-order valence-corrected chi connectivity index (χ0v) is 19.0. The lowest BCUT2D eigenvalue weighted by atomic mass is 9.95. The second-order valence-corrected chi connectivity index (χ2v) is 9.39. The standard InChI is InChI=1S/C25H32N4O3/c1-25(2,3)24(32)28-21-9-5-7-19(15-21)23(31)27-20-8-4-6-17(14-20)16-29-12-10-18(11-13-29)22(26)30/h4-9,14-15,18H,10-13,16H2,1-3H3,(H2,26,30)(H,27,31)(H,28,32). The number of primary amides is 1. The molecule has 2 aromatic carbocycles. The number of nitrogens with zero attached hydrogens (tertiary/aromatic N) is 1. The van der Waals surface area contributed by atoms with E-state index in [2.05, 4.69) is 15.5 Å². The lowest BCUT2D eigenvalue weighted by Gasteiger charge is -2.30. The Morgan fingerprint density at radius 2 is 1.59 bits per heavy atom. The maximum Gasteiger partial charge on any atom is 0.255 e. The van der Waals surface area contributed by atoms with Gasteiger partial charge in [0.15, 0.2) is 0 Å². The molecule has 3 amide bonds. The Hall–Kier alpha value is -3.19. The topological polar surface area (TPSA) is 105 Å². The third-order valence-corrected chi connectivity index (χ3v) is 5.64. The quantitative estimate of drug-likeness (QED) is 0.643. The number of carbonyl (C=O) groups excluding carboxylic acids is 3. The second-order valence-electron chi connectivity index (χ2n) is 9.39. The van der Waals surface area contributed by atoms with E-state index in [4.69, 9.17) is 5.73 Å². The molecule has 170 valence electrons. The fraction of sp³-hybridized carbons (Fsp3) is 0.400. The van der Waals surface area contributed by atoms with Gasteiger partial charge in [0, 0.05) is 34.8 Å². The average molecular weight is 437 g/mol. The van der Waals surface area contributed by atoms with E-state index >= 15 is 0 Å². The lowest BCUT2D eigenvalue weighted by Crippen LogP contribution is -2.38. The van der Waals surface area contributed by atoms with Crippen molar-refractivity contribution in [2.24, 2.45) is 17.1 Å². The third-order valence-electron chi connectivity index (χ3n) is 5.64. The summed E-state index contributed by atoms with van der Waals surface area (Å²) in [6.07, 6.45) is 1.57. The van der Waals surface area contributed by atoms with Crippen LogP contribution in [-0.2, 0) is 16.1 Å². The first kappa shape index (κ1) is 23.5. The fourth-order valence-corrected chi connectivity index (χ4v) is 3.64. The van der Waals surface area contributed by atoms with Crippen molar-refractivity contribution in [2.75, 3.05) is 23.7 Å². The summed E-state index contributed by atoms with van der Waals surface area (Å²) < 4.78 is 0. The zero-order chi connectivity index (χ0) is 23.3.